The van der Waals surface area contributed by atoms with E-state index in [-0.39, 0.29) is 41.2 Å². The molecular formula is C23H37IN4O3S. The Balaban J connectivity index is 0.00000363. The minimum absolute atomic E-state index is 0. The van der Waals surface area contributed by atoms with Gasteiger partial charge in [-0.1, -0.05) is 25.5 Å². The molecule has 0 spiro atoms. The van der Waals surface area contributed by atoms with Crippen LogP contribution in [-0.2, 0) is 26.9 Å². The first-order valence-electron chi connectivity index (χ1n) is 11.5. The number of ether oxygens (including phenoxy) is 1. The van der Waals surface area contributed by atoms with Crippen LogP contribution in [0.5, 0.6) is 0 Å². The molecule has 1 aromatic carbocycles. The molecule has 4 atom stereocenters. The first-order valence-corrected chi connectivity index (χ1v) is 12.9. The third-order valence-corrected chi connectivity index (χ3v) is 7.54. The molecule has 32 heavy (non-hydrogen) atoms. The summed E-state index contributed by atoms with van der Waals surface area (Å²) < 4.78 is 17.7. The van der Waals surface area contributed by atoms with Gasteiger partial charge in [0, 0.05) is 46.7 Å². The highest BCUT2D eigenvalue weighted by Crippen LogP contribution is 2.23. The number of aliphatic imine (C=N–C) groups is 1. The molecule has 0 radical (unpaired) electrons. The number of carbonyl (C=O) groups is 1. The van der Waals surface area contributed by atoms with Crippen molar-refractivity contribution in [3.05, 3.63) is 29.8 Å². The quantitative estimate of drug-likeness (QED) is 0.250. The predicted molar refractivity (Wildman–Crippen MR) is 142 cm³/mol. The molecule has 1 aromatic rings. The van der Waals surface area contributed by atoms with Crippen molar-refractivity contribution in [3.8, 4) is 0 Å². The summed E-state index contributed by atoms with van der Waals surface area (Å²) in [6, 6.07) is 8.09. The van der Waals surface area contributed by atoms with Gasteiger partial charge in [-0.2, -0.15) is 0 Å². The van der Waals surface area contributed by atoms with Gasteiger partial charge in [-0.15, -0.1) is 24.0 Å². The molecule has 1 saturated heterocycles. The summed E-state index contributed by atoms with van der Waals surface area (Å²) in [4.78, 5) is 17.0. The Kier molecular flexibility index (Phi) is 12.0. The number of amides is 1. The van der Waals surface area contributed by atoms with Crippen molar-refractivity contribution in [1.82, 2.24) is 10.6 Å². The Labute approximate surface area is 211 Å². The number of anilines is 1. The molecule has 2 aliphatic rings. The Morgan fingerprint density at radius 1 is 1.22 bits per heavy atom. The Morgan fingerprint density at radius 2 is 2.06 bits per heavy atom. The summed E-state index contributed by atoms with van der Waals surface area (Å²) in [5.74, 6) is 1.43. The average molecular weight is 577 g/mol. The average Bonchev–Trinajstić information content (AvgIpc) is 3.33. The van der Waals surface area contributed by atoms with Gasteiger partial charge < -0.3 is 20.7 Å². The molecule has 1 aliphatic heterocycles. The van der Waals surface area contributed by atoms with Crippen LogP contribution in [0.15, 0.2) is 29.3 Å². The predicted octanol–water partition coefficient (Wildman–Crippen LogP) is 3.56. The Bertz CT molecular complexity index is 786. The summed E-state index contributed by atoms with van der Waals surface area (Å²) in [5, 5.41) is 10.1. The maximum atomic E-state index is 12.3. The minimum atomic E-state index is -0.739. The summed E-state index contributed by atoms with van der Waals surface area (Å²) >= 11 is 0. The van der Waals surface area contributed by atoms with E-state index in [0.29, 0.717) is 19.2 Å². The molecule has 7 nitrogen and oxygen atoms in total. The molecule has 3 rings (SSSR count). The van der Waals surface area contributed by atoms with Crippen LogP contribution >= 0.6 is 24.0 Å². The maximum absolute atomic E-state index is 12.3. The lowest BCUT2D eigenvalue weighted by Crippen LogP contribution is -2.46. The first kappa shape index (κ1) is 27.0. The number of hydrogen-bond acceptors (Lipinski definition) is 4. The van der Waals surface area contributed by atoms with Crippen LogP contribution in [0.4, 0.5) is 5.69 Å². The lowest BCUT2D eigenvalue weighted by atomic mass is 9.95. The van der Waals surface area contributed by atoms with E-state index in [2.05, 4.69) is 16.0 Å². The molecule has 1 saturated carbocycles. The van der Waals surface area contributed by atoms with Crippen molar-refractivity contribution in [1.29, 1.82) is 0 Å². The summed E-state index contributed by atoms with van der Waals surface area (Å²) in [6.07, 6.45) is 5.52. The first-order chi connectivity index (χ1) is 15.1. The fourth-order valence-corrected chi connectivity index (χ4v) is 5.54. The molecule has 180 valence electrons. The molecule has 1 heterocycles. The number of nitrogens with zero attached hydrogens (tertiary/aromatic N) is 1. The summed E-state index contributed by atoms with van der Waals surface area (Å²) in [6.45, 7) is 5.99. The molecular weight excluding hydrogens is 539 g/mol. The van der Waals surface area contributed by atoms with Crippen LogP contribution in [0.25, 0.3) is 0 Å². The lowest BCUT2D eigenvalue weighted by Gasteiger charge is -2.30. The van der Waals surface area contributed by atoms with Crippen LogP contribution in [0, 0.1) is 0 Å². The second kappa shape index (κ2) is 14.1. The molecule has 3 N–H and O–H groups in total. The number of rotatable bonds is 8. The third-order valence-electron chi connectivity index (χ3n) is 5.80. The summed E-state index contributed by atoms with van der Waals surface area (Å²) in [7, 11) is -0.739. The number of benzene rings is 1. The van der Waals surface area contributed by atoms with Gasteiger partial charge in [0.05, 0.1) is 6.54 Å². The van der Waals surface area contributed by atoms with Gasteiger partial charge in [0.15, 0.2) is 5.96 Å². The monoisotopic (exact) mass is 576 g/mol. The molecule has 1 aliphatic carbocycles. The number of nitrogens with one attached hydrogen (secondary N) is 3. The standard InChI is InChI=1S/C23H36N4O3S.HI/c1-3-24-23(27-19-10-6-11-20(15-19)31(29)4-2)25-16-17-8-5-9-18(14-17)26-22(28)21-12-7-13-30-21;/h5,8-9,14,19-21H,3-4,6-7,10-13,15-16H2,1-2H3,(H,26,28)(H2,24,25,27);1H. The van der Waals surface area contributed by atoms with Crippen LogP contribution in [-0.4, -0.2) is 52.4 Å². The highest BCUT2D eigenvalue weighted by molar-refractivity contribution is 14.0. The lowest BCUT2D eigenvalue weighted by molar-refractivity contribution is -0.124. The van der Waals surface area contributed by atoms with Gasteiger partial charge in [-0.25, -0.2) is 4.99 Å². The number of hydrogen-bond donors (Lipinski definition) is 3. The highest BCUT2D eigenvalue weighted by Gasteiger charge is 2.26. The molecule has 9 heteroatoms. The molecule has 2 fully saturated rings. The van der Waals surface area contributed by atoms with E-state index in [9.17, 15) is 9.00 Å². The molecule has 1 amide bonds. The van der Waals surface area contributed by atoms with Gasteiger partial charge in [-0.3, -0.25) is 9.00 Å². The van der Waals surface area contributed by atoms with Gasteiger partial charge >= 0.3 is 0 Å². The maximum Gasteiger partial charge on any atom is 0.253 e. The van der Waals surface area contributed by atoms with Crippen molar-refractivity contribution in [3.63, 3.8) is 0 Å². The van der Waals surface area contributed by atoms with Gasteiger partial charge in [0.25, 0.3) is 5.91 Å². The minimum Gasteiger partial charge on any atom is -0.368 e. The second-order valence-electron chi connectivity index (χ2n) is 8.19. The fourth-order valence-electron chi connectivity index (χ4n) is 4.19. The van der Waals surface area contributed by atoms with Crippen molar-refractivity contribution in [2.45, 2.75) is 76.3 Å². The van der Waals surface area contributed by atoms with Crippen LogP contribution in [0.2, 0.25) is 0 Å². The van der Waals surface area contributed by atoms with E-state index in [1.54, 1.807) is 0 Å². The van der Waals surface area contributed by atoms with Gasteiger partial charge in [-0.05, 0) is 56.7 Å². The summed E-state index contributed by atoms with van der Waals surface area (Å²) in [5.41, 5.74) is 1.79. The highest BCUT2D eigenvalue weighted by atomic mass is 127. The number of carbonyl (C=O) groups excluding carboxylic acids is 1. The van der Waals surface area contributed by atoms with Crippen molar-refractivity contribution < 1.29 is 13.7 Å². The molecule has 4 unspecified atom stereocenters. The van der Waals surface area contributed by atoms with E-state index in [1.807, 2.05) is 38.1 Å². The third kappa shape index (κ3) is 8.30. The van der Waals surface area contributed by atoms with Crippen LogP contribution < -0.4 is 16.0 Å². The van der Waals surface area contributed by atoms with Crippen molar-refractivity contribution in [2.75, 3.05) is 24.2 Å². The molecule has 0 aromatic heterocycles. The Hall–Kier alpha value is -1.20. The fraction of sp³-hybridized carbons (Fsp3) is 0.652. The van der Waals surface area contributed by atoms with Crippen LogP contribution in [0.1, 0.15) is 57.9 Å². The van der Waals surface area contributed by atoms with Gasteiger partial charge in [0.2, 0.25) is 0 Å². The van der Waals surface area contributed by atoms with E-state index in [4.69, 9.17) is 9.73 Å². The zero-order chi connectivity index (χ0) is 22.1. The van der Waals surface area contributed by atoms with Crippen molar-refractivity contribution >= 4 is 52.3 Å². The Morgan fingerprint density at radius 3 is 2.78 bits per heavy atom. The number of halogens is 1. The topological polar surface area (TPSA) is 91.8 Å². The second-order valence-corrected chi connectivity index (χ2v) is 10.2. The van der Waals surface area contributed by atoms with E-state index >= 15 is 0 Å². The van der Waals surface area contributed by atoms with Gasteiger partial charge in [0.1, 0.15) is 6.10 Å². The van der Waals surface area contributed by atoms with E-state index in [1.165, 1.54) is 0 Å². The van der Waals surface area contributed by atoms with Crippen molar-refractivity contribution in [2.24, 2.45) is 4.99 Å². The van der Waals surface area contributed by atoms with Crippen LogP contribution in [0.3, 0.4) is 0 Å². The van der Waals surface area contributed by atoms with E-state index < -0.39 is 10.8 Å². The normalized spacial score (nSPS) is 24.3. The zero-order valence-electron chi connectivity index (χ0n) is 19.1. The largest absolute Gasteiger partial charge is 0.368 e. The zero-order valence-corrected chi connectivity index (χ0v) is 22.2. The smallest absolute Gasteiger partial charge is 0.253 e. The number of guanidine groups is 1. The van der Waals surface area contributed by atoms with E-state index in [0.717, 1.165) is 68.0 Å². The SMILES string of the molecule is CCNC(=NCc1cccc(NC(=O)C2CCCO2)c1)NC1CCCC(S(=O)CC)C1.I. The molecule has 0 bridgehead atoms.